The van der Waals surface area contributed by atoms with E-state index < -0.39 is 0 Å². The number of anilines is 1. The van der Waals surface area contributed by atoms with Crippen molar-refractivity contribution in [2.24, 2.45) is 0 Å². The lowest BCUT2D eigenvalue weighted by molar-refractivity contribution is 0.0778. The van der Waals surface area contributed by atoms with Gasteiger partial charge in [0.2, 0.25) is 0 Å². The minimum atomic E-state index is -0.140. The summed E-state index contributed by atoms with van der Waals surface area (Å²) in [7, 11) is 3.51. The van der Waals surface area contributed by atoms with Crippen LogP contribution >= 0.6 is 0 Å². The Labute approximate surface area is 112 Å². The van der Waals surface area contributed by atoms with Gasteiger partial charge in [0.25, 0.3) is 5.91 Å². The molecule has 98 valence electrons. The van der Waals surface area contributed by atoms with Crippen molar-refractivity contribution in [1.29, 1.82) is 0 Å². The molecule has 0 atom stereocenters. The Morgan fingerprint density at radius 2 is 1.89 bits per heavy atom. The predicted molar refractivity (Wildman–Crippen MR) is 73.8 cm³/mol. The number of nitrogens with one attached hydrogen (secondary N) is 1. The van der Waals surface area contributed by atoms with Crippen LogP contribution in [0.4, 0.5) is 5.82 Å². The molecule has 0 bridgehead atoms. The van der Waals surface area contributed by atoms with Gasteiger partial charge in [0.15, 0.2) is 5.69 Å². The van der Waals surface area contributed by atoms with Gasteiger partial charge < -0.3 is 10.2 Å². The molecule has 0 aliphatic carbocycles. The zero-order chi connectivity index (χ0) is 13.7. The molecule has 19 heavy (non-hydrogen) atoms. The minimum absolute atomic E-state index is 0.140. The molecule has 0 unspecified atom stereocenters. The molecule has 0 aliphatic rings. The first kappa shape index (κ1) is 13.0. The summed E-state index contributed by atoms with van der Waals surface area (Å²) in [4.78, 5) is 13.8. The molecule has 0 saturated carbocycles. The Morgan fingerprint density at radius 3 is 2.47 bits per heavy atom. The van der Waals surface area contributed by atoms with Gasteiger partial charge in [0, 0.05) is 20.6 Å². The Morgan fingerprint density at radius 1 is 1.16 bits per heavy atom. The van der Waals surface area contributed by atoms with Gasteiger partial charge in [-0.05, 0) is 17.7 Å². The maximum atomic E-state index is 12.2. The number of nitrogens with zero attached hydrogens (tertiary/aromatic N) is 3. The second kappa shape index (κ2) is 5.95. The van der Waals surface area contributed by atoms with Crippen molar-refractivity contribution in [1.82, 2.24) is 15.1 Å². The predicted octanol–water partition coefficient (Wildman–Crippen LogP) is 1.79. The van der Waals surface area contributed by atoms with E-state index in [0.29, 0.717) is 18.1 Å². The highest BCUT2D eigenvalue weighted by Crippen LogP contribution is 2.07. The second-order valence-electron chi connectivity index (χ2n) is 4.20. The Kier molecular flexibility index (Phi) is 4.07. The fourth-order valence-electron chi connectivity index (χ4n) is 1.70. The number of benzene rings is 1. The van der Waals surface area contributed by atoms with Gasteiger partial charge in [-0.25, -0.2) is 0 Å². The lowest BCUT2D eigenvalue weighted by Crippen LogP contribution is -2.27. The molecule has 1 heterocycles. The number of amides is 1. The topological polar surface area (TPSA) is 58.1 Å². The van der Waals surface area contributed by atoms with Crippen LogP contribution in [0.1, 0.15) is 16.1 Å². The Hall–Kier alpha value is -2.43. The van der Waals surface area contributed by atoms with E-state index >= 15 is 0 Å². The Bertz CT molecular complexity index is 539. The van der Waals surface area contributed by atoms with Gasteiger partial charge in [-0.15, -0.1) is 10.2 Å². The average molecular weight is 256 g/mol. The van der Waals surface area contributed by atoms with Crippen LogP contribution in [-0.4, -0.2) is 35.1 Å². The summed E-state index contributed by atoms with van der Waals surface area (Å²) in [6, 6.07) is 13.2. The van der Waals surface area contributed by atoms with Crippen LogP contribution in [0.3, 0.4) is 0 Å². The largest absolute Gasteiger partial charge is 0.372 e. The maximum Gasteiger partial charge on any atom is 0.274 e. The average Bonchev–Trinajstić information content (AvgIpc) is 2.47. The van der Waals surface area contributed by atoms with Crippen LogP contribution in [0.2, 0.25) is 0 Å². The highest BCUT2D eigenvalue weighted by atomic mass is 16.2. The molecule has 0 fully saturated rings. The van der Waals surface area contributed by atoms with Crippen molar-refractivity contribution in [3.05, 3.63) is 53.7 Å². The number of aromatic nitrogens is 2. The smallest absolute Gasteiger partial charge is 0.274 e. The summed E-state index contributed by atoms with van der Waals surface area (Å²) in [6.07, 6.45) is 0. The van der Waals surface area contributed by atoms with E-state index in [9.17, 15) is 4.79 Å². The molecular formula is C14H16N4O. The number of rotatable bonds is 4. The van der Waals surface area contributed by atoms with Crippen molar-refractivity contribution in [3.63, 3.8) is 0 Å². The zero-order valence-corrected chi connectivity index (χ0v) is 11.0. The first-order valence-electron chi connectivity index (χ1n) is 6.01. The fraction of sp³-hybridized carbons (Fsp3) is 0.214. The van der Waals surface area contributed by atoms with Crippen LogP contribution in [-0.2, 0) is 6.54 Å². The molecular weight excluding hydrogens is 240 g/mol. The quantitative estimate of drug-likeness (QED) is 0.906. The monoisotopic (exact) mass is 256 g/mol. The first-order chi connectivity index (χ1) is 9.20. The molecule has 5 nitrogen and oxygen atoms in total. The Balaban J connectivity index is 2.06. The van der Waals surface area contributed by atoms with Crippen molar-refractivity contribution in [2.45, 2.75) is 6.54 Å². The molecule has 1 aromatic heterocycles. The summed E-state index contributed by atoms with van der Waals surface area (Å²) >= 11 is 0. The van der Waals surface area contributed by atoms with Crippen molar-refractivity contribution >= 4 is 11.7 Å². The van der Waals surface area contributed by atoms with E-state index in [-0.39, 0.29) is 5.91 Å². The third-order valence-corrected chi connectivity index (χ3v) is 2.75. The van der Waals surface area contributed by atoms with Crippen molar-refractivity contribution in [2.75, 3.05) is 19.4 Å². The lowest BCUT2D eigenvalue weighted by Gasteiger charge is -2.16. The number of carbonyl (C=O) groups is 1. The number of hydrogen-bond donors (Lipinski definition) is 1. The molecule has 1 amide bonds. The van der Waals surface area contributed by atoms with E-state index in [2.05, 4.69) is 15.5 Å². The molecule has 0 radical (unpaired) electrons. The normalized spacial score (nSPS) is 10.0. The summed E-state index contributed by atoms with van der Waals surface area (Å²) < 4.78 is 0. The SMILES string of the molecule is CNc1ccc(C(=O)N(C)Cc2ccccc2)nn1. The lowest BCUT2D eigenvalue weighted by atomic mass is 10.2. The zero-order valence-electron chi connectivity index (χ0n) is 11.0. The standard InChI is InChI=1S/C14H16N4O/c1-15-13-9-8-12(16-17-13)14(19)18(2)10-11-6-4-3-5-7-11/h3-9H,10H2,1-2H3,(H,15,17). The van der Waals surface area contributed by atoms with E-state index in [1.807, 2.05) is 30.3 Å². The van der Waals surface area contributed by atoms with Crippen LogP contribution in [0.15, 0.2) is 42.5 Å². The van der Waals surface area contributed by atoms with Gasteiger partial charge in [-0.1, -0.05) is 30.3 Å². The molecule has 2 aromatic rings. The highest BCUT2D eigenvalue weighted by molar-refractivity contribution is 5.92. The van der Waals surface area contributed by atoms with Gasteiger partial charge in [-0.3, -0.25) is 4.79 Å². The summed E-state index contributed by atoms with van der Waals surface area (Å²) in [6.45, 7) is 0.551. The summed E-state index contributed by atoms with van der Waals surface area (Å²) in [5.74, 6) is 0.501. The number of carbonyl (C=O) groups excluding carboxylic acids is 1. The van der Waals surface area contributed by atoms with E-state index in [0.717, 1.165) is 5.56 Å². The van der Waals surface area contributed by atoms with Crippen LogP contribution < -0.4 is 5.32 Å². The molecule has 2 rings (SSSR count). The first-order valence-corrected chi connectivity index (χ1v) is 6.01. The molecule has 0 saturated heterocycles. The molecule has 1 N–H and O–H groups in total. The number of hydrogen-bond acceptors (Lipinski definition) is 4. The fourth-order valence-corrected chi connectivity index (χ4v) is 1.70. The second-order valence-corrected chi connectivity index (χ2v) is 4.20. The summed E-state index contributed by atoms with van der Waals surface area (Å²) in [5.41, 5.74) is 1.43. The third kappa shape index (κ3) is 3.28. The van der Waals surface area contributed by atoms with E-state index in [1.54, 1.807) is 31.1 Å². The molecule has 5 heteroatoms. The van der Waals surface area contributed by atoms with Crippen molar-refractivity contribution < 1.29 is 4.79 Å². The van der Waals surface area contributed by atoms with E-state index in [4.69, 9.17) is 0 Å². The van der Waals surface area contributed by atoms with E-state index in [1.165, 1.54) is 0 Å². The molecule has 0 spiro atoms. The van der Waals surface area contributed by atoms with Crippen LogP contribution in [0, 0.1) is 0 Å². The highest BCUT2D eigenvalue weighted by Gasteiger charge is 2.13. The van der Waals surface area contributed by atoms with Gasteiger partial charge in [0.05, 0.1) is 0 Å². The third-order valence-electron chi connectivity index (χ3n) is 2.75. The van der Waals surface area contributed by atoms with Gasteiger partial charge >= 0.3 is 0 Å². The molecule has 1 aromatic carbocycles. The van der Waals surface area contributed by atoms with Crippen LogP contribution in [0.5, 0.6) is 0 Å². The summed E-state index contributed by atoms with van der Waals surface area (Å²) in [5, 5.41) is 10.7. The van der Waals surface area contributed by atoms with Gasteiger partial charge in [0.1, 0.15) is 5.82 Å². The van der Waals surface area contributed by atoms with Crippen molar-refractivity contribution in [3.8, 4) is 0 Å². The van der Waals surface area contributed by atoms with Gasteiger partial charge in [-0.2, -0.15) is 0 Å². The molecule has 0 aliphatic heterocycles. The maximum absolute atomic E-state index is 12.2. The minimum Gasteiger partial charge on any atom is -0.372 e. The van der Waals surface area contributed by atoms with Crippen LogP contribution in [0.25, 0.3) is 0 Å².